The second-order valence-corrected chi connectivity index (χ2v) is 8.04. The molecule has 1 aromatic carbocycles. The molecule has 0 spiro atoms. The molecule has 5 nitrogen and oxygen atoms in total. The molecule has 142 valence electrons. The van der Waals surface area contributed by atoms with Crippen LogP contribution in [0.25, 0.3) is 21.3 Å². The Balaban J connectivity index is 1.65. The Hall–Kier alpha value is -2.35. The first-order valence-corrected chi connectivity index (χ1v) is 10.8. The molecular formula is C20H15ClN2O3S2. The molecule has 0 bridgehead atoms. The lowest BCUT2D eigenvalue weighted by Crippen LogP contribution is -2.05. The third-order valence-corrected chi connectivity index (χ3v) is 6.20. The van der Waals surface area contributed by atoms with Gasteiger partial charge in [0.25, 0.3) is 0 Å². The van der Waals surface area contributed by atoms with Crippen LogP contribution < -0.4 is 0 Å². The number of carbonyl (C=O) groups excluding carboxylic acids is 1. The number of thioether (sulfide) groups is 1. The zero-order valence-corrected chi connectivity index (χ0v) is 17.2. The Morgan fingerprint density at radius 1 is 1.25 bits per heavy atom. The highest BCUT2D eigenvalue weighted by Gasteiger charge is 2.18. The van der Waals surface area contributed by atoms with E-state index in [9.17, 15) is 4.79 Å². The highest BCUT2D eigenvalue weighted by molar-refractivity contribution is 7.98. The van der Waals surface area contributed by atoms with Crippen molar-refractivity contribution in [1.29, 1.82) is 0 Å². The molecule has 4 rings (SSSR count). The predicted octanol–water partition coefficient (Wildman–Crippen LogP) is 6.07. The number of hydrogen-bond acceptors (Lipinski definition) is 7. The van der Waals surface area contributed by atoms with E-state index in [0.29, 0.717) is 28.7 Å². The van der Waals surface area contributed by atoms with Crippen LogP contribution in [0.4, 0.5) is 0 Å². The average Bonchev–Trinajstić information content (AvgIpc) is 3.34. The minimum absolute atomic E-state index is 0.322. The molecule has 4 aromatic rings. The van der Waals surface area contributed by atoms with E-state index in [4.69, 9.17) is 20.8 Å². The summed E-state index contributed by atoms with van der Waals surface area (Å²) in [4.78, 5) is 21.8. The Kier molecular flexibility index (Phi) is 5.66. The summed E-state index contributed by atoms with van der Waals surface area (Å²) in [6.07, 6.45) is 3.06. The number of nitrogens with zero attached hydrogens (tertiary/aromatic N) is 2. The van der Waals surface area contributed by atoms with Crippen LogP contribution in [-0.2, 0) is 10.5 Å². The number of esters is 1. The summed E-state index contributed by atoms with van der Waals surface area (Å²) in [7, 11) is 0. The van der Waals surface area contributed by atoms with Gasteiger partial charge in [-0.2, -0.15) is 0 Å². The quantitative estimate of drug-likeness (QED) is 0.210. The predicted molar refractivity (Wildman–Crippen MR) is 112 cm³/mol. The van der Waals surface area contributed by atoms with Crippen LogP contribution in [0.3, 0.4) is 0 Å². The van der Waals surface area contributed by atoms with E-state index in [1.54, 1.807) is 30.7 Å². The molecule has 0 aliphatic rings. The fourth-order valence-electron chi connectivity index (χ4n) is 2.78. The van der Waals surface area contributed by atoms with E-state index in [0.717, 1.165) is 26.4 Å². The fourth-order valence-corrected chi connectivity index (χ4v) is 4.85. The van der Waals surface area contributed by atoms with Crippen LogP contribution in [0.15, 0.2) is 57.7 Å². The summed E-state index contributed by atoms with van der Waals surface area (Å²) in [5.74, 6) is 0.652. The van der Waals surface area contributed by atoms with Gasteiger partial charge in [0.1, 0.15) is 27.5 Å². The highest BCUT2D eigenvalue weighted by atomic mass is 35.5. The molecule has 0 saturated carbocycles. The molecule has 3 aromatic heterocycles. The molecule has 0 amide bonds. The minimum Gasteiger partial charge on any atom is -0.468 e. The molecule has 8 heteroatoms. The van der Waals surface area contributed by atoms with Gasteiger partial charge >= 0.3 is 5.97 Å². The average molecular weight is 431 g/mol. The largest absolute Gasteiger partial charge is 0.468 e. The van der Waals surface area contributed by atoms with Crippen molar-refractivity contribution in [1.82, 2.24) is 9.97 Å². The van der Waals surface area contributed by atoms with E-state index in [2.05, 4.69) is 15.3 Å². The van der Waals surface area contributed by atoms with E-state index in [1.165, 1.54) is 18.0 Å². The van der Waals surface area contributed by atoms with Gasteiger partial charge in [-0.25, -0.2) is 14.8 Å². The van der Waals surface area contributed by atoms with Crippen molar-refractivity contribution >= 4 is 50.9 Å². The zero-order chi connectivity index (χ0) is 19.5. The SMILES string of the molecule is CCOC(=O)c1ccoc1CSc1ncnc2scc(-c3ccc(Cl)cc3)c12. The van der Waals surface area contributed by atoms with Crippen LogP contribution in [0, 0.1) is 0 Å². The Morgan fingerprint density at radius 3 is 2.86 bits per heavy atom. The molecule has 0 unspecified atom stereocenters. The Labute approximate surface area is 174 Å². The maximum Gasteiger partial charge on any atom is 0.341 e. The van der Waals surface area contributed by atoms with Gasteiger partial charge < -0.3 is 9.15 Å². The van der Waals surface area contributed by atoms with Crippen molar-refractivity contribution in [3.05, 3.63) is 64.6 Å². The van der Waals surface area contributed by atoms with E-state index >= 15 is 0 Å². The molecule has 28 heavy (non-hydrogen) atoms. The van der Waals surface area contributed by atoms with Crippen LogP contribution >= 0.6 is 34.7 Å². The third-order valence-electron chi connectivity index (χ3n) is 4.07. The summed E-state index contributed by atoms with van der Waals surface area (Å²) in [5, 5.41) is 4.59. The van der Waals surface area contributed by atoms with Gasteiger partial charge in [-0.15, -0.1) is 11.3 Å². The van der Waals surface area contributed by atoms with Crippen molar-refractivity contribution < 1.29 is 13.9 Å². The van der Waals surface area contributed by atoms with E-state index in [1.807, 2.05) is 24.3 Å². The number of benzene rings is 1. The number of aromatic nitrogens is 2. The van der Waals surface area contributed by atoms with Crippen molar-refractivity contribution in [3.8, 4) is 11.1 Å². The van der Waals surface area contributed by atoms with Crippen molar-refractivity contribution in [2.75, 3.05) is 6.61 Å². The van der Waals surface area contributed by atoms with Crippen LogP contribution in [-0.4, -0.2) is 22.5 Å². The van der Waals surface area contributed by atoms with Crippen molar-refractivity contribution in [3.63, 3.8) is 0 Å². The summed E-state index contributed by atoms with van der Waals surface area (Å²) in [6, 6.07) is 9.33. The summed E-state index contributed by atoms with van der Waals surface area (Å²) >= 11 is 9.09. The van der Waals surface area contributed by atoms with Gasteiger partial charge in [-0.05, 0) is 30.7 Å². The number of fused-ring (bicyclic) bond motifs is 1. The molecular weight excluding hydrogens is 416 g/mol. The first kappa shape index (κ1) is 19.0. The molecule has 0 atom stereocenters. The lowest BCUT2D eigenvalue weighted by Gasteiger charge is -2.06. The molecule has 0 aliphatic carbocycles. The Morgan fingerprint density at radius 2 is 2.07 bits per heavy atom. The monoisotopic (exact) mass is 430 g/mol. The van der Waals surface area contributed by atoms with Gasteiger partial charge in [0.05, 0.1) is 24.0 Å². The number of halogens is 1. The highest BCUT2D eigenvalue weighted by Crippen LogP contribution is 2.39. The molecule has 0 aliphatic heterocycles. The summed E-state index contributed by atoms with van der Waals surface area (Å²) in [6.45, 7) is 2.10. The van der Waals surface area contributed by atoms with Gasteiger partial charge in [0, 0.05) is 16.0 Å². The smallest absolute Gasteiger partial charge is 0.341 e. The lowest BCUT2D eigenvalue weighted by atomic mass is 10.1. The third kappa shape index (κ3) is 3.78. The summed E-state index contributed by atoms with van der Waals surface area (Å²) < 4.78 is 10.6. The number of thiophene rings is 1. The molecule has 0 saturated heterocycles. The van der Waals surface area contributed by atoms with Crippen LogP contribution in [0.5, 0.6) is 0 Å². The van der Waals surface area contributed by atoms with Crippen LogP contribution in [0.2, 0.25) is 5.02 Å². The standard InChI is InChI=1S/C20H15ClN2O3S2/c1-2-25-20(24)14-7-8-26-16(14)10-28-19-17-15(9-27-18(17)22-11-23-19)12-3-5-13(21)6-4-12/h3-9,11H,2,10H2,1H3. The lowest BCUT2D eigenvalue weighted by molar-refractivity contribution is 0.0524. The molecule has 0 N–H and O–H groups in total. The normalized spacial score (nSPS) is 11.1. The fraction of sp³-hybridized carbons (Fsp3) is 0.150. The zero-order valence-electron chi connectivity index (χ0n) is 14.8. The molecule has 0 fully saturated rings. The maximum absolute atomic E-state index is 12.0. The number of carbonyl (C=O) groups is 1. The van der Waals surface area contributed by atoms with Gasteiger partial charge in [0.15, 0.2) is 0 Å². The van der Waals surface area contributed by atoms with Gasteiger partial charge in [-0.3, -0.25) is 0 Å². The number of furan rings is 1. The molecule has 3 heterocycles. The van der Waals surface area contributed by atoms with Gasteiger partial charge in [-0.1, -0.05) is 35.5 Å². The van der Waals surface area contributed by atoms with Crippen LogP contribution in [0.1, 0.15) is 23.0 Å². The van der Waals surface area contributed by atoms with Crippen molar-refractivity contribution in [2.24, 2.45) is 0 Å². The first-order chi connectivity index (χ1) is 13.7. The molecule has 0 radical (unpaired) electrons. The van der Waals surface area contributed by atoms with Crippen molar-refractivity contribution in [2.45, 2.75) is 17.7 Å². The Bertz CT molecular complexity index is 1120. The van der Waals surface area contributed by atoms with Gasteiger partial charge in [0.2, 0.25) is 0 Å². The number of rotatable bonds is 6. The topological polar surface area (TPSA) is 65.2 Å². The van der Waals surface area contributed by atoms with E-state index < -0.39 is 0 Å². The number of ether oxygens (including phenoxy) is 1. The minimum atomic E-state index is -0.378. The first-order valence-electron chi connectivity index (χ1n) is 8.51. The maximum atomic E-state index is 12.0. The summed E-state index contributed by atoms with van der Waals surface area (Å²) in [5.41, 5.74) is 2.56. The second-order valence-electron chi connectivity index (χ2n) is 5.78. The van der Waals surface area contributed by atoms with E-state index in [-0.39, 0.29) is 5.97 Å². The number of hydrogen-bond donors (Lipinski definition) is 0. The second kappa shape index (κ2) is 8.34.